The third-order valence-corrected chi connectivity index (χ3v) is 2.70. The summed E-state index contributed by atoms with van der Waals surface area (Å²) in [5.74, 6) is -0.505. The number of nitro benzene ring substituents is 1. The van der Waals surface area contributed by atoms with Gasteiger partial charge < -0.3 is 20.1 Å². The fourth-order valence-electron chi connectivity index (χ4n) is 1.70. The molecular formula is C13H19N3O5. The maximum atomic E-state index is 12.0. The number of hydrogen-bond donors (Lipinski definition) is 2. The van der Waals surface area contributed by atoms with Crippen LogP contribution in [-0.4, -0.2) is 51.4 Å². The first-order valence-electron chi connectivity index (χ1n) is 6.41. The summed E-state index contributed by atoms with van der Waals surface area (Å²) in [7, 11) is 3.13. The molecule has 21 heavy (non-hydrogen) atoms. The first-order chi connectivity index (χ1) is 10.1. The maximum absolute atomic E-state index is 12.0. The largest absolute Gasteiger partial charge is 0.383 e. The Morgan fingerprint density at radius 2 is 2.10 bits per heavy atom. The normalized spacial score (nSPS) is 10.2. The summed E-state index contributed by atoms with van der Waals surface area (Å²) in [5, 5.41) is 16.4. The predicted octanol–water partition coefficient (Wildman–Crippen LogP) is 1.03. The molecule has 0 unspecified atom stereocenters. The molecule has 0 aromatic heterocycles. The summed E-state index contributed by atoms with van der Waals surface area (Å²) < 4.78 is 10.0. The zero-order valence-electron chi connectivity index (χ0n) is 12.0. The molecule has 1 aromatic carbocycles. The molecule has 0 aliphatic rings. The molecule has 0 saturated carbocycles. The highest BCUT2D eigenvalue weighted by molar-refractivity contribution is 6.00. The zero-order chi connectivity index (χ0) is 15.7. The van der Waals surface area contributed by atoms with E-state index >= 15 is 0 Å². The van der Waals surface area contributed by atoms with Gasteiger partial charge in [0.15, 0.2) is 0 Å². The highest BCUT2D eigenvalue weighted by Gasteiger charge is 2.23. The second kappa shape index (κ2) is 8.88. The average Bonchev–Trinajstić information content (AvgIpc) is 2.49. The number of para-hydroxylation sites is 1. The minimum absolute atomic E-state index is 0.0174. The van der Waals surface area contributed by atoms with Gasteiger partial charge in [0.05, 0.1) is 24.7 Å². The van der Waals surface area contributed by atoms with E-state index in [0.717, 1.165) is 0 Å². The molecule has 0 heterocycles. The molecule has 1 amide bonds. The van der Waals surface area contributed by atoms with Gasteiger partial charge in [-0.25, -0.2) is 0 Å². The number of ether oxygens (including phenoxy) is 2. The van der Waals surface area contributed by atoms with Crippen LogP contribution in [0.3, 0.4) is 0 Å². The highest BCUT2D eigenvalue weighted by atomic mass is 16.6. The summed E-state index contributed by atoms with van der Waals surface area (Å²) in [6.07, 6.45) is 0. The minimum Gasteiger partial charge on any atom is -0.383 e. The van der Waals surface area contributed by atoms with E-state index in [0.29, 0.717) is 25.5 Å². The van der Waals surface area contributed by atoms with Crippen molar-refractivity contribution in [2.24, 2.45) is 0 Å². The van der Waals surface area contributed by atoms with Gasteiger partial charge in [0.1, 0.15) is 11.3 Å². The SMILES string of the molecule is CNc1cccc(C(=O)NCCOCCOC)c1[N+](=O)[O-]. The number of anilines is 1. The van der Waals surface area contributed by atoms with Crippen LogP contribution in [0.5, 0.6) is 0 Å². The monoisotopic (exact) mass is 297 g/mol. The van der Waals surface area contributed by atoms with Crippen molar-refractivity contribution in [3.8, 4) is 0 Å². The van der Waals surface area contributed by atoms with E-state index in [-0.39, 0.29) is 17.8 Å². The van der Waals surface area contributed by atoms with E-state index in [1.165, 1.54) is 6.07 Å². The van der Waals surface area contributed by atoms with Crippen LogP contribution in [0.2, 0.25) is 0 Å². The van der Waals surface area contributed by atoms with Crippen molar-refractivity contribution in [2.45, 2.75) is 0 Å². The second-order valence-corrected chi connectivity index (χ2v) is 4.07. The number of amides is 1. The van der Waals surface area contributed by atoms with Crippen molar-refractivity contribution in [2.75, 3.05) is 45.8 Å². The van der Waals surface area contributed by atoms with E-state index in [1.807, 2.05) is 0 Å². The van der Waals surface area contributed by atoms with E-state index in [4.69, 9.17) is 9.47 Å². The molecule has 116 valence electrons. The van der Waals surface area contributed by atoms with Gasteiger partial charge in [-0.3, -0.25) is 14.9 Å². The Hall–Kier alpha value is -2.19. The lowest BCUT2D eigenvalue weighted by atomic mass is 10.1. The average molecular weight is 297 g/mol. The van der Waals surface area contributed by atoms with E-state index in [9.17, 15) is 14.9 Å². The van der Waals surface area contributed by atoms with Gasteiger partial charge in [-0.1, -0.05) is 6.07 Å². The van der Waals surface area contributed by atoms with Crippen LogP contribution in [0, 0.1) is 10.1 Å². The van der Waals surface area contributed by atoms with Crippen LogP contribution >= 0.6 is 0 Å². The van der Waals surface area contributed by atoms with Crippen molar-refractivity contribution < 1.29 is 19.2 Å². The lowest BCUT2D eigenvalue weighted by Gasteiger charge is -2.09. The topological polar surface area (TPSA) is 103 Å². The molecule has 0 aliphatic carbocycles. The predicted molar refractivity (Wildman–Crippen MR) is 77.7 cm³/mol. The molecule has 0 bridgehead atoms. The minimum atomic E-state index is -0.574. The molecule has 0 atom stereocenters. The Bertz CT molecular complexity index is 493. The van der Waals surface area contributed by atoms with Crippen LogP contribution in [0.25, 0.3) is 0 Å². The number of carbonyl (C=O) groups excluding carboxylic acids is 1. The number of benzene rings is 1. The molecule has 0 fully saturated rings. The Balaban J connectivity index is 2.64. The van der Waals surface area contributed by atoms with Gasteiger partial charge in [0.25, 0.3) is 5.91 Å². The molecule has 8 heteroatoms. The molecule has 1 rings (SSSR count). The van der Waals surface area contributed by atoms with Crippen LogP contribution < -0.4 is 10.6 Å². The first-order valence-corrected chi connectivity index (χ1v) is 6.41. The Morgan fingerprint density at radius 1 is 1.33 bits per heavy atom. The van der Waals surface area contributed by atoms with E-state index in [1.54, 1.807) is 26.3 Å². The van der Waals surface area contributed by atoms with Gasteiger partial charge in [-0.05, 0) is 12.1 Å². The Morgan fingerprint density at radius 3 is 2.71 bits per heavy atom. The number of methoxy groups -OCH3 is 1. The van der Waals surface area contributed by atoms with Crippen molar-refractivity contribution in [3.63, 3.8) is 0 Å². The molecule has 1 aromatic rings. The Labute approximate surface area is 122 Å². The number of nitrogens with zero attached hydrogens (tertiary/aromatic N) is 1. The van der Waals surface area contributed by atoms with Crippen LogP contribution in [-0.2, 0) is 9.47 Å². The summed E-state index contributed by atoms with van der Waals surface area (Å²) in [4.78, 5) is 22.5. The van der Waals surface area contributed by atoms with Gasteiger partial charge in [-0.2, -0.15) is 0 Å². The molecule has 0 spiro atoms. The van der Waals surface area contributed by atoms with Gasteiger partial charge in [-0.15, -0.1) is 0 Å². The van der Waals surface area contributed by atoms with E-state index in [2.05, 4.69) is 10.6 Å². The Kier molecular flexibility index (Phi) is 7.13. The molecule has 0 saturated heterocycles. The number of rotatable bonds is 9. The van der Waals surface area contributed by atoms with Crippen molar-refractivity contribution in [1.29, 1.82) is 0 Å². The summed E-state index contributed by atoms with van der Waals surface area (Å²) in [6, 6.07) is 4.55. The molecule has 2 N–H and O–H groups in total. The number of nitrogens with one attached hydrogen (secondary N) is 2. The maximum Gasteiger partial charge on any atom is 0.305 e. The van der Waals surface area contributed by atoms with Gasteiger partial charge >= 0.3 is 5.69 Å². The van der Waals surface area contributed by atoms with Crippen molar-refractivity contribution >= 4 is 17.3 Å². The molecule has 8 nitrogen and oxygen atoms in total. The van der Waals surface area contributed by atoms with Crippen LogP contribution in [0.15, 0.2) is 18.2 Å². The quantitative estimate of drug-likeness (QED) is 0.401. The second-order valence-electron chi connectivity index (χ2n) is 4.07. The number of nitro groups is 1. The molecular weight excluding hydrogens is 278 g/mol. The third-order valence-electron chi connectivity index (χ3n) is 2.70. The fourth-order valence-corrected chi connectivity index (χ4v) is 1.70. The first kappa shape index (κ1) is 16.9. The van der Waals surface area contributed by atoms with Gasteiger partial charge in [0, 0.05) is 20.7 Å². The third kappa shape index (κ3) is 5.01. The lowest BCUT2D eigenvalue weighted by Crippen LogP contribution is -2.28. The number of carbonyl (C=O) groups is 1. The van der Waals surface area contributed by atoms with Gasteiger partial charge in [0.2, 0.25) is 0 Å². The zero-order valence-corrected chi connectivity index (χ0v) is 12.0. The van der Waals surface area contributed by atoms with Crippen LogP contribution in [0.4, 0.5) is 11.4 Å². The highest BCUT2D eigenvalue weighted by Crippen LogP contribution is 2.27. The number of hydrogen-bond acceptors (Lipinski definition) is 6. The lowest BCUT2D eigenvalue weighted by molar-refractivity contribution is -0.384. The summed E-state index contributed by atoms with van der Waals surface area (Å²) in [6.45, 7) is 1.49. The van der Waals surface area contributed by atoms with Crippen molar-refractivity contribution in [1.82, 2.24) is 5.32 Å². The van der Waals surface area contributed by atoms with Crippen molar-refractivity contribution in [3.05, 3.63) is 33.9 Å². The van der Waals surface area contributed by atoms with Crippen LogP contribution in [0.1, 0.15) is 10.4 Å². The standard InChI is InChI=1S/C13H19N3O5/c1-14-11-5-3-4-10(12(11)16(18)19)13(17)15-6-7-21-9-8-20-2/h3-5,14H,6-9H2,1-2H3,(H,15,17). The fraction of sp³-hybridized carbons (Fsp3) is 0.462. The smallest absolute Gasteiger partial charge is 0.305 e. The molecule has 0 radical (unpaired) electrons. The molecule has 0 aliphatic heterocycles. The summed E-state index contributed by atoms with van der Waals surface area (Å²) >= 11 is 0. The summed E-state index contributed by atoms with van der Waals surface area (Å²) in [5.41, 5.74) is 0.0746. The van der Waals surface area contributed by atoms with E-state index < -0.39 is 10.8 Å².